The molecule has 0 atom stereocenters. The lowest BCUT2D eigenvalue weighted by atomic mass is 10.1. The standard InChI is InChI=1S/C21H26N2O2S/c1-25-20-13-18(26-2)9-10-19(20)21(24)22-14-16-7-3-4-8-17(16)15-23-11-5-6-12-23/h3-4,7-10,13H,5-6,11-12,14-15H2,1-2H3,(H,22,24)/p+1. The minimum atomic E-state index is -0.0992. The van der Waals surface area contributed by atoms with Crippen molar-refractivity contribution in [3.05, 3.63) is 59.2 Å². The SMILES string of the molecule is COc1cc(SC)ccc1C(=O)NCc1ccccc1C[NH+]1CCCC1. The van der Waals surface area contributed by atoms with Crippen molar-refractivity contribution in [3.8, 4) is 5.75 Å². The zero-order valence-electron chi connectivity index (χ0n) is 15.5. The summed E-state index contributed by atoms with van der Waals surface area (Å²) < 4.78 is 5.40. The van der Waals surface area contributed by atoms with Gasteiger partial charge in [-0.2, -0.15) is 0 Å². The number of hydrogen-bond donors (Lipinski definition) is 2. The van der Waals surface area contributed by atoms with Crippen LogP contribution in [0.15, 0.2) is 47.4 Å². The van der Waals surface area contributed by atoms with Gasteiger partial charge in [0.2, 0.25) is 0 Å². The molecular formula is C21H27N2O2S+. The molecule has 0 radical (unpaired) electrons. The summed E-state index contributed by atoms with van der Waals surface area (Å²) >= 11 is 1.63. The third-order valence-electron chi connectivity index (χ3n) is 4.96. The molecule has 3 rings (SSSR count). The first-order valence-electron chi connectivity index (χ1n) is 9.12. The van der Waals surface area contributed by atoms with Gasteiger partial charge >= 0.3 is 0 Å². The predicted octanol–water partition coefficient (Wildman–Crippen LogP) is 2.53. The molecule has 0 bridgehead atoms. The quantitative estimate of drug-likeness (QED) is 0.735. The maximum atomic E-state index is 12.7. The van der Waals surface area contributed by atoms with Gasteiger partial charge in [-0.3, -0.25) is 4.79 Å². The Morgan fingerprint density at radius 3 is 2.58 bits per heavy atom. The van der Waals surface area contributed by atoms with Gasteiger partial charge in [-0.1, -0.05) is 24.3 Å². The Bertz CT molecular complexity index is 757. The van der Waals surface area contributed by atoms with E-state index in [0.29, 0.717) is 17.9 Å². The minimum Gasteiger partial charge on any atom is -0.496 e. The molecule has 1 saturated heterocycles. The van der Waals surface area contributed by atoms with Gasteiger partial charge < -0.3 is 15.0 Å². The molecule has 0 unspecified atom stereocenters. The van der Waals surface area contributed by atoms with Crippen LogP contribution in [0.3, 0.4) is 0 Å². The average Bonchev–Trinajstić information content (AvgIpc) is 3.19. The van der Waals surface area contributed by atoms with Crippen LogP contribution in [0.5, 0.6) is 5.75 Å². The Hall–Kier alpha value is -1.98. The molecule has 2 N–H and O–H groups in total. The Labute approximate surface area is 159 Å². The lowest BCUT2D eigenvalue weighted by molar-refractivity contribution is -0.901. The van der Waals surface area contributed by atoms with Crippen molar-refractivity contribution in [2.75, 3.05) is 26.5 Å². The molecule has 1 aliphatic heterocycles. The molecule has 1 aliphatic rings. The van der Waals surface area contributed by atoms with Crippen molar-refractivity contribution < 1.29 is 14.4 Å². The Balaban J connectivity index is 1.68. The Morgan fingerprint density at radius 1 is 1.15 bits per heavy atom. The van der Waals surface area contributed by atoms with Crippen LogP contribution in [0.1, 0.15) is 34.3 Å². The molecular weight excluding hydrogens is 344 g/mol. The molecule has 1 fully saturated rings. The summed E-state index contributed by atoms with van der Waals surface area (Å²) in [5, 5.41) is 3.06. The average molecular weight is 372 g/mol. The van der Waals surface area contributed by atoms with Gasteiger partial charge in [-0.25, -0.2) is 0 Å². The number of thioether (sulfide) groups is 1. The summed E-state index contributed by atoms with van der Waals surface area (Å²) in [6, 6.07) is 14.1. The highest BCUT2D eigenvalue weighted by atomic mass is 32.2. The molecule has 1 heterocycles. The number of amides is 1. The summed E-state index contributed by atoms with van der Waals surface area (Å²) in [6.07, 6.45) is 4.65. The number of quaternary nitrogens is 1. The maximum Gasteiger partial charge on any atom is 0.255 e. The summed E-state index contributed by atoms with van der Waals surface area (Å²) in [6.45, 7) is 4.08. The van der Waals surface area contributed by atoms with E-state index >= 15 is 0 Å². The van der Waals surface area contributed by atoms with Crippen molar-refractivity contribution in [2.24, 2.45) is 0 Å². The normalized spacial score (nSPS) is 14.4. The molecule has 0 spiro atoms. The molecule has 138 valence electrons. The number of nitrogens with one attached hydrogen (secondary N) is 2. The number of carbonyl (C=O) groups is 1. The fourth-order valence-corrected chi connectivity index (χ4v) is 3.91. The molecule has 0 saturated carbocycles. The predicted molar refractivity (Wildman–Crippen MR) is 106 cm³/mol. The summed E-state index contributed by atoms with van der Waals surface area (Å²) in [5.41, 5.74) is 3.10. The zero-order chi connectivity index (χ0) is 18.4. The second-order valence-electron chi connectivity index (χ2n) is 6.65. The van der Waals surface area contributed by atoms with Crippen LogP contribution in [0, 0.1) is 0 Å². The lowest BCUT2D eigenvalue weighted by Crippen LogP contribution is -3.08. The van der Waals surface area contributed by atoms with Gasteiger partial charge in [0.15, 0.2) is 0 Å². The number of likely N-dealkylation sites (tertiary alicyclic amines) is 1. The number of benzene rings is 2. The van der Waals surface area contributed by atoms with Crippen LogP contribution in [-0.2, 0) is 13.1 Å². The minimum absolute atomic E-state index is 0.0992. The zero-order valence-corrected chi connectivity index (χ0v) is 16.3. The van der Waals surface area contributed by atoms with E-state index < -0.39 is 0 Å². The number of hydrogen-bond acceptors (Lipinski definition) is 3. The van der Waals surface area contributed by atoms with E-state index in [2.05, 4.69) is 23.5 Å². The number of carbonyl (C=O) groups excluding carboxylic acids is 1. The summed E-state index contributed by atoms with van der Waals surface area (Å²) in [5.74, 6) is 0.516. The van der Waals surface area contributed by atoms with E-state index in [1.54, 1.807) is 23.8 Å². The van der Waals surface area contributed by atoms with E-state index in [9.17, 15) is 4.79 Å². The Morgan fingerprint density at radius 2 is 1.88 bits per heavy atom. The second kappa shape index (κ2) is 9.10. The Kier molecular flexibility index (Phi) is 6.58. The van der Waals surface area contributed by atoms with E-state index in [4.69, 9.17) is 4.74 Å². The third kappa shape index (κ3) is 4.59. The molecule has 26 heavy (non-hydrogen) atoms. The highest BCUT2D eigenvalue weighted by Crippen LogP contribution is 2.25. The van der Waals surface area contributed by atoms with Crippen LogP contribution in [0.2, 0.25) is 0 Å². The first-order valence-corrected chi connectivity index (χ1v) is 10.3. The van der Waals surface area contributed by atoms with Crippen molar-refractivity contribution in [1.82, 2.24) is 5.32 Å². The molecule has 4 nitrogen and oxygen atoms in total. The molecule has 5 heteroatoms. The van der Waals surface area contributed by atoms with Gasteiger partial charge in [-0.15, -0.1) is 11.8 Å². The van der Waals surface area contributed by atoms with Crippen LogP contribution in [0.4, 0.5) is 0 Å². The molecule has 0 aliphatic carbocycles. The van der Waals surface area contributed by atoms with Crippen molar-refractivity contribution in [3.63, 3.8) is 0 Å². The molecule has 0 aromatic heterocycles. The first-order chi connectivity index (χ1) is 12.7. The molecule has 1 amide bonds. The fraction of sp³-hybridized carbons (Fsp3) is 0.381. The molecule has 2 aromatic carbocycles. The van der Waals surface area contributed by atoms with E-state index in [-0.39, 0.29) is 5.91 Å². The topological polar surface area (TPSA) is 42.8 Å². The fourth-order valence-electron chi connectivity index (χ4n) is 3.48. The van der Waals surface area contributed by atoms with Crippen molar-refractivity contribution in [2.45, 2.75) is 30.8 Å². The van der Waals surface area contributed by atoms with Crippen molar-refractivity contribution >= 4 is 17.7 Å². The number of methoxy groups -OCH3 is 1. The number of ether oxygens (including phenoxy) is 1. The van der Waals surface area contributed by atoms with E-state index in [1.165, 1.54) is 37.1 Å². The number of rotatable bonds is 7. The largest absolute Gasteiger partial charge is 0.496 e. The third-order valence-corrected chi connectivity index (χ3v) is 5.69. The van der Waals surface area contributed by atoms with Crippen LogP contribution in [0.25, 0.3) is 0 Å². The van der Waals surface area contributed by atoms with Gasteiger partial charge in [0.25, 0.3) is 5.91 Å². The van der Waals surface area contributed by atoms with Gasteiger partial charge in [0, 0.05) is 29.8 Å². The van der Waals surface area contributed by atoms with Gasteiger partial charge in [-0.05, 0) is 30.0 Å². The second-order valence-corrected chi connectivity index (χ2v) is 7.53. The first kappa shape index (κ1) is 18.8. The maximum absolute atomic E-state index is 12.7. The smallest absolute Gasteiger partial charge is 0.255 e. The van der Waals surface area contributed by atoms with Gasteiger partial charge in [0.1, 0.15) is 12.3 Å². The van der Waals surface area contributed by atoms with Crippen LogP contribution >= 0.6 is 11.8 Å². The monoisotopic (exact) mass is 371 g/mol. The van der Waals surface area contributed by atoms with Crippen LogP contribution in [-0.4, -0.2) is 32.4 Å². The van der Waals surface area contributed by atoms with Crippen molar-refractivity contribution in [1.29, 1.82) is 0 Å². The van der Waals surface area contributed by atoms with Crippen LogP contribution < -0.4 is 15.0 Å². The molecule has 2 aromatic rings. The van der Waals surface area contributed by atoms with E-state index in [0.717, 1.165) is 11.4 Å². The summed E-state index contributed by atoms with van der Waals surface area (Å²) in [7, 11) is 1.60. The summed E-state index contributed by atoms with van der Waals surface area (Å²) in [4.78, 5) is 15.4. The van der Waals surface area contributed by atoms with E-state index in [1.807, 2.05) is 30.5 Å². The lowest BCUT2D eigenvalue weighted by Gasteiger charge is -2.16. The van der Waals surface area contributed by atoms with Gasteiger partial charge in [0.05, 0.1) is 25.8 Å². The highest BCUT2D eigenvalue weighted by molar-refractivity contribution is 7.98. The highest BCUT2D eigenvalue weighted by Gasteiger charge is 2.18.